The Kier molecular flexibility index (Phi) is 8.47. The van der Waals surface area contributed by atoms with Gasteiger partial charge in [0.15, 0.2) is 0 Å². The Morgan fingerprint density at radius 3 is 1.47 bits per heavy atom. The lowest BCUT2D eigenvalue weighted by Gasteiger charge is -2.28. The molecule has 0 N–H and O–H groups in total. The summed E-state index contributed by atoms with van der Waals surface area (Å²) in [5.41, 5.74) is 13.9. The molecule has 0 aliphatic heterocycles. The predicted molar refractivity (Wildman–Crippen MR) is 263 cm³/mol. The minimum Gasteiger partial charge on any atom is -0.310 e. The lowest BCUT2D eigenvalue weighted by atomic mass is 9.98. The van der Waals surface area contributed by atoms with Gasteiger partial charge in [-0.1, -0.05) is 194 Å². The first kappa shape index (κ1) is 32.6. The molecule has 0 saturated heterocycles. The van der Waals surface area contributed by atoms with Gasteiger partial charge in [-0.3, -0.25) is 0 Å². The number of fused-ring (bicyclic) bond motifs is 3. The quantitative estimate of drug-likeness (QED) is 0.141. The fraction of sp³-hybridized carbons (Fsp3) is 0. The van der Waals surface area contributed by atoms with Crippen LogP contribution in [0.3, 0.4) is 0 Å². The van der Waals surface area contributed by atoms with E-state index in [1.807, 2.05) is 138 Å². The molecule has 11 rings (SSSR count). The third-order valence-corrected chi connectivity index (χ3v) is 11.7. The molecule has 0 bridgehead atoms. The van der Waals surface area contributed by atoms with Gasteiger partial charge in [0, 0.05) is 33.4 Å². The van der Waals surface area contributed by atoms with Crippen LogP contribution in [0.25, 0.3) is 83.1 Å². The van der Waals surface area contributed by atoms with Crippen LogP contribution in [0, 0.1) is 0 Å². The van der Waals surface area contributed by atoms with Crippen molar-refractivity contribution in [3.8, 4) is 61.3 Å². The van der Waals surface area contributed by atoms with Crippen LogP contribution in [0.4, 0.5) is 17.1 Å². The molecule has 2 heteroatoms. The van der Waals surface area contributed by atoms with Crippen LogP contribution in [0.1, 0.15) is 5.48 Å². The zero-order valence-corrected chi connectivity index (χ0v) is 33.8. The maximum atomic E-state index is 9.79. The van der Waals surface area contributed by atoms with E-state index < -0.39 is 0 Å². The fourth-order valence-corrected chi connectivity index (χ4v) is 8.63. The number of hydrogen-bond donors (Lipinski definition) is 0. The van der Waals surface area contributed by atoms with E-state index >= 15 is 0 Å². The second-order valence-corrected chi connectivity index (χ2v) is 15.4. The van der Waals surface area contributed by atoms with Crippen LogP contribution in [-0.2, 0) is 0 Å². The van der Waals surface area contributed by atoms with Gasteiger partial charge in [0.05, 0.1) is 22.2 Å². The van der Waals surface area contributed by atoms with E-state index in [1.165, 1.54) is 0 Å². The number of hydrogen-bond acceptors (Lipinski definition) is 1. The Balaban J connectivity index is 1.06. The van der Waals surface area contributed by atoms with E-state index in [1.54, 1.807) is 0 Å². The smallest absolute Gasteiger partial charge is 0.0645 e. The van der Waals surface area contributed by atoms with Crippen LogP contribution >= 0.6 is 0 Å². The van der Waals surface area contributed by atoms with Gasteiger partial charge in [0.2, 0.25) is 0 Å². The van der Waals surface area contributed by atoms with Gasteiger partial charge in [-0.25, -0.2) is 0 Å². The number of nitrogens with zero attached hydrogens (tertiary/aromatic N) is 2. The highest BCUT2D eigenvalue weighted by molar-refractivity contribution is 6.10. The molecule has 1 aromatic heterocycles. The molecule has 0 atom stereocenters. The van der Waals surface area contributed by atoms with Crippen molar-refractivity contribution >= 4 is 38.9 Å². The van der Waals surface area contributed by atoms with Crippen LogP contribution < -0.4 is 4.90 Å². The van der Waals surface area contributed by atoms with E-state index in [-0.39, 0.29) is 35.4 Å². The molecule has 0 saturated carbocycles. The second kappa shape index (κ2) is 16.1. The first-order chi connectivity index (χ1) is 32.4. The summed E-state index contributed by atoms with van der Waals surface area (Å²) in [5.74, 6) is 0. The number of rotatable bonds is 9. The standard InChI is InChI=1S/C60H42N2/c1-4-15-43(16-5-1)46-27-29-49(30-28-46)55-23-10-12-25-58(55)61(52-36-31-47(32-37-52)44-17-6-2-7-18-44)53-38-33-48(34-39-53)51-35-40-60-57(42-51)56-24-11-13-26-59(56)62(60)54-22-14-21-50(41-54)45-19-8-3-9-20-45/h1-42H/i33D,34D,38D,39D. The third kappa shape index (κ3) is 6.94. The lowest BCUT2D eigenvalue weighted by Crippen LogP contribution is -2.11. The second-order valence-electron chi connectivity index (χ2n) is 15.4. The van der Waals surface area contributed by atoms with Crippen molar-refractivity contribution in [2.24, 2.45) is 0 Å². The van der Waals surface area contributed by atoms with Crippen molar-refractivity contribution in [3.05, 3.63) is 255 Å². The van der Waals surface area contributed by atoms with Crippen molar-refractivity contribution in [1.29, 1.82) is 0 Å². The summed E-state index contributed by atoms with van der Waals surface area (Å²) in [6, 6.07) is 77.6. The minimum absolute atomic E-state index is 0.111. The van der Waals surface area contributed by atoms with E-state index in [0.717, 1.165) is 77.7 Å². The zero-order chi connectivity index (χ0) is 44.7. The van der Waals surface area contributed by atoms with Crippen molar-refractivity contribution in [3.63, 3.8) is 0 Å². The number of aromatic nitrogens is 1. The lowest BCUT2D eigenvalue weighted by molar-refractivity contribution is 1.18. The molecule has 0 fully saturated rings. The molecule has 1 heterocycles. The molecule has 0 aliphatic rings. The molecule has 62 heavy (non-hydrogen) atoms. The topological polar surface area (TPSA) is 8.17 Å². The van der Waals surface area contributed by atoms with Crippen molar-refractivity contribution < 1.29 is 5.48 Å². The van der Waals surface area contributed by atoms with E-state index in [4.69, 9.17) is 0 Å². The molecule has 11 aromatic rings. The maximum absolute atomic E-state index is 9.79. The average molecular weight is 795 g/mol. The molecule has 0 radical (unpaired) electrons. The Hall–Kier alpha value is -8.20. The Labute approximate surface area is 368 Å². The normalized spacial score (nSPS) is 12.1. The number of anilines is 3. The van der Waals surface area contributed by atoms with Gasteiger partial charge in [0.25, 0.3) is 0 Å². The van der Waals surface area contributed by atoms with E-state index in [9.17, 15) is 5.48 Å². The van der Waals surface area contributed by atoms with Crippen LogP contribution in [0.5, 0.6) is 0 Å². The van der Waals surface area contributed by atoms with Gasteiger partial charge in [-0.2, -0.15) is 0 Å². The minimum atomic E-state index is -0.132. The van der Waals surface area contributed by atoms with Crippen molar-refractivity contribution in [1.82, 2.24) is 4.57 Å². The highest BCUT2D eigenvalue weighted by Gasteiger charge is 2.19. The van der Waals surface area contributed by atoms with Gasteiger partial charge in [-0.15, -0.1) is 0 Å². The van der Waals surface area contributed by atoms with Gasteiger partial charge < -0.3 is 9.47 Å². The highest BCUT2D eigenvalue weighted by Crippen LogP contribution is 2.43. The summed E-state index contributed by atoms with van der Waals surface area (Å²) in [6.07, 6.45) is 0. The maximum Gasteiger partial charge on any atom is 0.0645 e. The zero-order valence-electron chi connectivity index (χ0n) is 37.8. The summed E-state index contributed by atoms with van der Waals surface area (Å²) >= 11 is 0. The molecule has 0 spiro atoms. The SMILES string of the molecule is [2H]c1c([2H])c(N(c2ccc(-c3ccccc3)cc2)c2ccccc2-c2ccc(-c3ccccc3)cc2)c([2H])c([2H])c1-c1ccc2c(c1)c1ccccc1n2-c1cccc(-c2ccccc2)c1. The van der Waals surface area contributed by atoms with Gasteiger partial charge >= 0.3 is 0 Å². The largest absolute Gasteiger partial charge is 0.310 e. The summed E-state index contributed by atoms with van der Waals surface area (Å²) in [6.45, 7) is 0. The summed E-state index contributed by atoms with van der Waals surface area (Å²) in [5, 5.41) is 1.99. The van der Waals surface area contributed by atoms with Crippen molar-refractivity contribution in [2.75, 3.05) is 4.90 Å². The Morgan fingerprint density at radius 1 is 0.306 bits per heavy atom. The van der Waals surface area contributed by atoms with Gasteiger partial charge in [0.1, 0.15) is 0 Å². The molecule has 2 nitrogen and oxygen atoms in total. The summed E-state index contributed by atoms with van der Waals surface area (Å²) in [4.78, 5) is 1.89. The van der Waals surface area contributed by atoms with Crippen molar-refractivity contribution in [2.45, 2.75) is 0 Å². The van der Waals surface area contributed by atoms with Gasteiger partial charge in [-0.05, 0) is 111 Å². The molecule has 0 aliphatic carbocycles. The van der Waals surface area contributed by atoms with Crippen LogP contribution in [0.15, 0.2) is 255 Å². The number of benzene rings is 10. The summed E-state index contributed by atoms with van der Waals surface area (Å²) < 4.78 is 41.2. The molecule has 10 aromatic carbocycles. The molecule has 0 unspecified atom stereocenters. The number of para-hydroxylation sites is 2. The first-order valence-corrected chi connectivity index (χ1v) is 20.9. The van der Waals surface area contributed by atoms with E-state index in [0.29, 0.717) is 11.3 Å². The Morgan fingerprint density at radius 2 is 0.790 bits per heavy atom. The average Bonchev–Trinajstić information content (AvgIpc) is 3.72. The van der Waals surface area contributed by atoms with E-state index in [2.05, 4.69) is 102 Å². The molecule has 292 valence electrons. The molecular weight excluding hydrogens is 749 g/mol. The van der Waals surface area contributed by atoms with Crippen LogP contribution in [0.2, 0.25) is 0 Å². The predicted octanol–water partition coefficient (Wildman–Crippen LogP) is 16.6. The summed E-state index contributed by atoms with van der Waals surface area (Å²) in [7, 11) is 0. The van der Waals surface area contributed by atoms with Crippen LogP contribution in [-0.4, -0.2) is 4.57 Å². The highest BCUT2D eigenvalue weighted by atomic mass is 15.1. The monoisotopic (exact) mass is 794 g/mol. The third-order valence-electron chi connectivity index (χ3n) is 11.7. The molecular formula is C60H42N2. The molecule has 0 amide bonds. The first-order valence-electron chi connectivity index (χ1n) is 22.9. The fourth-order valence-electron chi connectivity index (χ4n) is 8.63. The Bertz CT molecular complexity index is 3520.